The normalized spacial score (nSPS) is 21.2. The van der Waals surface area contributed by atoms with Crippen LogP contribution < -0.4 is 5.32 Å². The van der Waals surface area contributed by atoms with Gasteiger partial charge in [-0.05, 0) is 37.8 Å². The lowest BCUT2D eigenvalue weighted by molar-refractivity contribution is 0.103. The van der Waals surface area contributed by atoms with E-state index in [1.54, 1.807) is 0 Å². The fourth-order valence-corrected chi connectivity index (χ4v) is 2.42. The Kier molecular flexibility index (Phi) is 4.75. The molecule has 0 aromatic heterocycles. The Balaban J connectivity index is 1.83. The zero-order valence-electron chi connectivity index (χ0n) is 11.3. The smallest absolute Gasteiger partial charge is 0.0917 e. The molecule has 2 atom stereocenters. The Morgan fingerprint density at radius 2 is 2.28 bits per heavy atom. The number of rotatable bonds is 5. The lowest BCUT2D eigenvalue weighted by Crippen LogP contribution is -2.30. The Morgan fingerprint density at radius 3 is 3.00 bits per heavy atom. The summed E-state index contributed by atoms with van der Waals surface area (Å²) in [5.74, 6) is 0. The maximum Gasteiger partial charge on any atom is 0.0917 e. The third-order valence-corrected chi connectivity index (χ3v) is 3.53. The van der Waals surface area contributed by atoms with Crippen molar-refractivity contribution in [2.24, 2.45) is 0 Å². The molecule has 3 heteroatoms. The van der Waals surface area contributed by atoms with Gasteiger partial charge in [0.2, 0.25) is 0 Å². The maximum atomic E-state index is 10.2. The number of aliphatic hydroxyl groups is 1. The zero-order chi connectivity index (χ0) is 13.0. The number of ether oxygens (including phenoxy) is 1. The molecule has 1 fully saturated rings. The Bertz CT molecular complexity index is 386. The predicted molar refractivity (Wildman–Crippen MR) is 72.7 cm³/mol. The van der Waals surface area contributed by atoms with Crippen LogP contribution in [0.15, 0.2) is 18.2 Å². The van der Waals surface area contributed by atoms with Gasteiger partial charge in [-0.25, -0.2) is 0 Å². The molecule has 0 saturated carbocycles. The second-order valence-corrected chi connectivity index (χ2v) is 5.17. The highest BCUT2D eigenvalue weighted by molar-refractivity contribution is 5.32. The van der Waals surface area contributed by atoms with Crippen LogP contribution in [0.25, 0.3) is 0 Å². The fraction of sp³-hybridized carbons (Fsp3) is 0.600. The van der Waals surface area contributed by atoms with Crippen LogP contribution in [0.5, 0.6) is 0 Å². The van der Waals surface area contributed by atoms with Gasteiger partial charge >= 0.3 is 0 Å². The summed E-state index contributed by atoms with van der Waals surface area (Å²) in [5.41, 5.74) is 3.36. The first kappa shape index (κ1) is 13.5. The van der Waals surface area contributed by atoms with E-state index < -0.39 is 6.10 Å². The molecular formula is C15H23NO2. The minimum Gasteiger partial charge on any atom is -0.387 e. The van der Waals surface area contributed by atoms with Crippen LogP contribution in [0.2, 0.25) is 0 Å². The molecule has 0 radical (unpaired) electrons. The lowest BCUT2D eigenvalue weighted by Gasteiger charge is -2.17. The summed E-state index contributed by atoms with van der Waals surface area (Å²) in [5, 5.41) is 13.5. The highest BCUT2D eigenvalue weighted by Crippen LogP contribution is 2.18. The number of aryl methyl sites for hydroxylation is 2. The largest absolute Gasteiger partial charge is 0.387 e. The molecule has 2 rings (SSSR count). The van der Waals surface area contributed by atoms with Gasteiger partial charge in [-0.3, -0.25) is 0 Å². The second-order valence-electron chi connectivity index (χ2n) is 5.17. The summed E-state index contributed by atoms with van der Waals surface area (Å²) >= 11 is 0. The van der Waals surface area contributed by atoms with Crippen molar-refractivity contribution in [3.63, 3.8) is 0 Å². The van der Waals surface area contributed by atoms with Crippen molar-refractivity contribution in [3.8, 4) is 0 Å². The number of hydrogen-bond donors (Lipinski definition) is 2. The SMILES string of the molecule is Cc1ccc(C)c(C(O)CNCC2CCCO2)c1. The van der Waals surface area contributed by atoms with Gasteiger partial charge in [0.1, 0.15) is 0 Å². The molecule has 0 bridgehead atoms. The van der Waals surface area contributed by atoms with Crippen molar-refractivity contribution in [2.45, 2.75) is 38.9 Å². The lowest BCUT2D eigenvalue weighted by atomic mass is 10.0. The first-order valence-corrected chi connectivity index (χ1v) is 6.74. The number of aliphatic hydroxyl groups excluding tert-OH is 1. The first-order chi connectivity index (χ1) is 8.66. The van der Waals surface area contributed by atoms with Gasteiger partial charge in [0.15, 0.2) is 0 Å². The second kappa shape index (κ2) is 6.32. The predicted octanol–water partition coefficient (Wildman–Crippen LogP) is 2.11. The highest BCUT2D eigenvalue weighted by Gasteiger charge is 2.16. The van der Waals surface area contributed by atoms with Crippen molar-refractivity contribution in [2.75, 3.05) is 19.7 Å². The van der Waals surface area contributed by atoms with Gasteiger partial charge in [0.05, 0.1) is 12.2 Å². The molecule has 0 spiro atoms. The van der Waals surface area contributed by atoms with Crippen molar-refractivity contribution in [1.29, 1.82) is 0 Å². The van der Waals surface area contributed by atoms with Crippen LogP contribution in [0.1, 0.15) is 35.6 Å². The molecule has 100 valence electrons. The average Bonchev–Trinajstić information content (AvgIpc) is 2.85. The summed E-state index contributed by atoms with van der Waals surface area (Å²) in [4.78, 5) is 0. The van der Waals surface area contributed by atoms with Gasteiger partial charge in [0, 0.05) is 19.7 Å². The first-order valence-electron chi connectivity index (χ1n) is 6.74. The fourth-order valence-electron chi connectivity index (χ4n) is 2.42. The molecule has 3 nitrogen and oxygen atoms in total. The van der Waals surface area contributed by atoms with E-state index in [1.165, 1.54) is 5.56 Å². The molecule has 2 N–H and O–H groups in total. The summed E-state index contributed by atoms with van der Waals surface area (Å²) in [7, 11) is 0. The van der Waals surface area contributed by atoms with Gasteiger partial charge in [-0.2, -0.15) is 0 Å². The molecule has 1 aliphatic rings. The maximum absolute atomic E-state index is 10.2. The zero-order valence-corrected chi connectivity index (χ0v) is 11.3. The van der Waals surface area contributed by atoms with Crippen molar-refractivity contribution >= 4 is 0 Å². The Hall–Kier alpha value is -0.900. The van der Waals surface area contributed by atoms with Crippen LogP contribution in [0.4, 0.5) is 0 Å². The molecule has 0 aliphatic carbocycles. The quantitative estimate of drug-likeness (QED) is 0.839. The van der Waals surface area contributed by atoms with Crippen LogP contribution in [-0.4, -0.2) is 30.9 Å². The van der Waals surface area contributed by atoms with Gasteiger partial charge in [-0.1, -0.05) is 23.8 Å². The van der Waals surface area contributed by atoms with E-state index in [0.29, 0.717) is 12.6 Å². The number of nitrogens with one attached hydrogen (secondary N) is 1. The van der Waals surface area contributed by atoms with Crippen molar-refractivity contribution in [3.05, 3.63) is 34.9 Å². The summed E-state index contributed by atoms with van der Waals surface area (Å²) in [6.45, 7) is 6.39. The van der Waals surface area contributed by atoms with E-state index in [4.69, 9.17) is 4.74 Å². The molecule has 1 heterocycles. The number of hydrogen-bond acceptors (Lipinski definition) is 3. The minimum atomic E-state index is -0.439. The van der Waals surface area contributed by atoms with Crippen LogP contribution in [0, 0.1) is 13.8 Å². The Labute approximate surface area is 109 Å². The van der Waals surface area contributed by atoms with Gasteiger partial charge in [-0.15, -0.1) is 0 Å². The molecule has 18 heavy (non-hydrogen) atoms. The number of benzene rings is 1. The Morgan fingerprint density at radius 1 is 1.44 bits per heavy atom. The third kappa shape index (κ3) is 3.55. The van der Waals surface area contributed by atoms with E-state index in [2.05, 4.69) is 30.4 Å². The van der Waals surface area contributed by atoms with Crippen LogP contribution in [-0.2, 0) is 4.74 Å². The molecule has 1 aliphatic heterocycles. The van der Waals surface area contributed by atoms with E-state index >= 15 is 0 Å². The van der Waals surface area contributed by atoms with Crippen molar-refractivity contribution in [1.82, 2.24) is 5.32 Å². The minimum absolute atomic E-state index is 0.329. The van der Waals surface area contributed by atoms with E-state index in [9.17, 15) is 5.11 Å². The summed E-state index contributed by atoms with van der Waals surface area (Å²) in [6, 6.07) is 6.20. The van der Waals surface area contributed by atoms with Crippen LogP contribution in [0.3, 0.4) is 0 Å². The highest BCUT2D eigenvalue weighted by atomic mass is 16.5. The van der Waals surface area contributed by atoms with Gasteiger partial charge in [0.25, 0.3) is 0 Å². The standard InChI is InChI=1S/C15H23NO2/c1-11-5-6-12(2)14(8-11)15(17)10-16-9-13-4-3-7-18-13/h5-6,8,13,15-17H,3-4,7,9-10H2,1-2H3. The van der Waals surface area contributed by atoms with Crippen LogP contribution >= 0.6 is 0 Å². The van der Waals surface area contributed by atoms with Gasteiger partial charge < -0.3 is 15.2 Å². The topological polar surface area (TPSA) is 41.5 Å². The van der Waals surface area contributed by atoms with E-state index in [0.717, 1.165) is 37.1 Å². The average molecular weight is 249 g/mol. The third-order valence-electron chi connectivity index (χ3n) is 3.53. The summed E-state index contributed by atoms with van der Waals surface area (Å²) < 4.78 is 5.54. The molecular weight excluding hydrogens is 226 g/mol. The molecule has 1 saturated heterocycles. The molecule has 1 aromatic rings. The van der Waals surface area contributed by atoms with E-state index in [1.807, 2.05) is 6.92 Å². The molecule has 2 unspecified atom stereocenters. The van der Waals surface area contributed by atoms with E-state index in [-0.39, 0.29) is 0 Å². The molecule has 1 aromatic carbocycles. The molecule has 0 amide bonds. The summed E-state index contributed by atoms with van der Waals surface area (Å²) in [6.07, 6.45) is 2.18. The van der Waals surface area contributed by atoms with Crippen molar-refractivity contribution < 1.29 is 9.84 Å². The monoisotopic (exact) mass is 249 g/mol.